The maximum atomic E-state index is 12.3. The molecule has 0 aromatic carbocycles. The molecule has 1 aliphatic rings. The number of halogens is 1. The Hall–Kier alpha value is -0.370. The molecule has 1 aliphatic carbocycles. The standard InChI is InChI=1S/C12H18BrNO4S/c1-8-4-2-3-5-10(8)14-19(16,17)11-6-9(7-15)18-12(11)13/h6,8,10,14-15H,2-5,7H2,1H3. The van der Waals surface area contributed by atoms with Gasteiger partial charge < -0.3 is 9.52 Å². The monoisotopic (exact) mass is 351 g/mol. The Labute approximate surface area is 121 Å². The summed E-state index contributed by atoms with van der Waals surface area (Å²) in [6, 6.07) is 1.32. The Morgan fingerprint density at radius 1 is 1.47 bits per heavy atom. The lowest BCUT2D eigenvalue weighted by atomic mass is 9.87. The molecule has 1 aromatic heterocycles. The molecule has 0 saturated heterocycles. The van der Waals surface area contributed by atoms with Gasteiger partial charge in [-0.3, -0.25) is 0 Å². The molecule has 108 valence electrons. The van der Waals surface area contributed by atoms with E-state index in [9.17, 15) is 8.42 Å². The smallest absolute Gasteiger partial charge is 0.245 e. The van der Waals surface area contributed by atoms with Crippen LogP contribution in [0.5, 0.6) is 0 Å². The third-order valence-corrected chi connectivity index (χ3v) is 5.92. The van der Waals surface area contributed by atoms with Crippen molar-refractivity contribution in [3.63, 3.8) is 0 Å². The summed E-state index contributed by atoms with van der Waals surface area (Å²) in [5.41, 5.74) is 0. The fourth-order valence-electron chi connectivity index (χ4n) is 2.41. The van der Waals surface area contributed by atoms with Crippen molar-refractivity contribution in [2.45, 2.75) is 50.2 Å². The zero-order valence-electron chi connectivity index (χ0n) is 10.7. The molecular weight excluding hydrogens is 334 g/mol. The molecule has 2 N–H and O–H groups in total. The van der Waals surface area contributed by atoms with Gasteiger partial charge >= 0.3 is 0 Å². The highest BCUT2D eigenvalue weighted by molar-refractivity contribution is 9.10. The first-order valence-electron chi connectivity index (χ1n) is 6.35. The Bertz CT molecular complexity index is 540. The summed E-state index contributed by atoms with van der Waals surface area (Å²) in [7, 11) is -3.61. The van der Waals surface area contributed by atoms with E-state index in [0.717, 1.165) is 25.7 Å². The van der Waals surface area contributed by atoms with Gasteiger partial charge in [0.25, 0.3) is 0 Å². The first-order chi connectivity index (χ1) is 8.94. The van der Waals surface area contributed by atoms with E-state index < -0.39 is 10.0 Å². The lowest BCUT2D eigenvalue weighted by Gasteiger charge is -2.29. The molecule has 1 fully saturated rings. The van der Waals surface area contributed by atoms with Crippen LogP contribution in [0, 0.1) is 5.92 Å². The van der Waals surface area contributed by atoms with Crippen LogP contribution in [-0.2, 0) is 16.6 Å². The van der Waals surface area contributed by atoms with Crippen LogP contribution in [0.3, 0.4) is 0 Å². The zero-order valence-corrected chi connectivity index (χ0v) is 13.1. The third kappa shape index (κ3) is 3.39. The summed E-state index contributed by atoms with van der Waals surface area (Å²) in [5.74, 6) is 0.565. The van der Waals surface area contributed by atoms with Gasteiger partial charge in [0.1, 0.15) is 17.3 Å². The predicted octanol–water partition coefficient (Wildman–Crippen LogP) is 2.39. The van der Waals surface area contributed by atoms with E-state index in [1.807, 2.05) is 0 Å². The molecule has 7 heteroatoms. The van der Waals surface area contributed by atoms with Gasteiger partial charge in [-0.1, -0.05) is 19.8 Å². The molecule has 19 heavy (non-hydrogen) atoms. The van der Waals surface area contributed by atoms with Crippen LogP contribution in [0.2, 0.25) is 0 Å². The molecule has 0 spiro atoms. The Kier molecular flexibility index (Phi) is 4.70. The summed E-state index contributed by atoms with van der Waals surface area (Å²) >= 11 is 3.08. The number of hydrogen-bond acceptors (Lipinski definition) is 4. The van der Waals surface area contributed by atoms with Crippen molar-refractivity contribution < 1.29 is 17.9 Å². The van der Waals surface area contributed by atoms with E-state index in [4.69, 9.17) is 9.52 Å². The predicted molar refractivity (Wildman–Crippen MR) is 74.1 cm³/mol. The second kappa shape index (κ2) is 5.95. The molecule has 1 heterocycles. The van der Waals surface area contributed by atoms with Crippen LogP contribution >= 0.6 is 15.9 Å². The zero-order chi connectivity index (χ0) is 14.0. The SMILES string of the molecule is CC1CCCCC1NS(=O)(=O)c1cc(CO)oc1Br. The second-order valence-corrected chi connectivity index (χ2v) is 7.40. The minimum Gasteiger partial charge on any atom is -0.450 e. The average Bonchev–Trinajstić information content (AvgIpc) is 2.74. The minimum atomic E-state index is -3.61. The highest BCUT2D eigenvalue weighted by atomic mass is 79.9. The van der Waals surface area contributed by atoms with Crippen molar-refractivity contribution in [1.29, 1.82) is 0 Å². The average molecular weight is 352 g/mol. The number of rotatable bonds is 4. The first-order valence-corrected chi connectivity index (χ1v) is 8.63. The van der Waals surface area contributed by atoms with Gasteiger partial charge in [0.2, 0.25) is 10.0 Å². The fraction of sp³-hybridized carbons (Fsp3) is 0.667. The molecule has 5 nitrogen and oxygen atoms in total. The molecule has 0 radical (unpaired) electrons. The van der Waals surface area contributed by atoms with E-state index in [0.29, 0.717) is 5.92 Å². The first kappa shape index (κ1) is 15.0. The number of aliphatic hydroxyl groups is 1. The van der Waals surface area contributed by atoms with Crippen LogP contribution in [0.1, 0.15) is 38.4 Å². The van der Waals surface area contributed by atoms with Crippen molar-refractivity contribution in [3.8, 4) is 0 Å². The topological polar surface area (TPSA) is 79.5 Å². The van der Waals surface area contributed by atoms with E-state index in [1.54, 1.807) is 0 Å². The summed E-state index contributed by atoms with van der Waals surface area (Å²) in [5, 5.41) is 8.97. The molecule has 1 aromatic rings. The minimum absolute atomic E-state index is 0.0295. The van der Waals surface area contributed by atoms with Crippen LogP contribution in [0.25, 0.3) is 0 Å². The van der Waals surface area contributed by atoms with Crippen LogP contribution < -0.4 is 4.72 Å². The molecule has 0 aliphatic heterocycles. The third-order valence-electron chi connectivity index (χ3n) is 3.57. The highest BCUT2D eigenvalue weighted by Crippen LogP contribution is 2.29. The highest BCUT2D eigenvalue weighted by Gasteiger charge is 2.29. The Morgan fingerprint density at radius 3 is 2.74 bits per heavy atom. The van der Waals surface area contributed by atoms with Gasteiger partial charge in [-0.15, -0.1) is 0 Å². The van der Waals surface area contributed by atoms with Crippen LogP contribution in [0.15, 0.2) is 20.0 Å². The lowest BCUT2D eigenvalue weighted by molar-refractivity contribution is 0.245. The van der Waals surface area contributed by atoms with Crippen molar-refractivity contribution >= 4 is 26.0 Å². The fourth-order valence-corrected chi connectivity index (χ4v) is 4.79. The number of sulfonamides is 1. The van der Waals surface area contributed by atoms with Crippen LogP contribution in [-0.4, -0.2) is 19.6 Å². The summed E-state index contributed by atoms with van der Waals surface area (Å²) in [6.45, 7) is 1.74. The molecule has 2 unspecified atom stereocenters. The van der Waals surface area contributed by atoms with Crippen molar-refractivity contribution in [2.75, 3.05) is 0 Å². The maximum absolute atomic E-state index is 12.3. The largest absolute Gasteiger partial charge is 0.450 e. The lowest BCUT2D eigenvalue weighted by Crippen LogP contribution is -2.40. The second-order valence-electron chi connectivity index (χ2n) is 5.00. The number of aliphatic hydroxyl groups excluding tert-OH is 1. The van der Waals surface area contributed by atoms with Gasteiger partial charge in [0.05, 0.1) is 0 Å². The van der Waals surface area contributed by atoms with Gasteiger partial charge in [-0.2, -0.15) is 0 Å². The van der Waals surface area contributed by atoms with E-state index >= 15 is 0 Å². The number of furan rings is 1. The number of hydrogen-bond donors (Lipinski definition) is 2. The molecule has 2 atom stereocenters. The quantitative estimate of drug-likeness (QED) is 0.872. The Balaban J connectivity index is 2.19. The van der Waals surface area contributed by atoms with Gasteiger partial charge in [-0.25, -0.2) is 13.1 Å². The summed E-state index contributed by atoms with van der Waals surface area (Å²) < 4.78 is 32.6. The van der Waals surface area contributed by atoms with Gasteiger partial charge in [0.15, 0.2) is 4.67 Å². The molecule has 1 saturated carbocycles. The van der Waals surface area contributed by atoms with E-state index in [1.165, 1.54) is 6.07 Å². The van der Waals surface area contributed by atoms with Crippen molar-refractivity contribution in [1.82, 2.24) is 4.72 Å². The molecular formula is C12H18BrNO4S. The van der Waals surface area contributed by atoms with Gasteiger partial charge in [0, 0.05) is 12.1 Å². The number of nitrogens with one attached hydrogen (secondary N) is 1. The van der Waals surface area contributed by atoms with Crippen molar-refractivity contribution in [3.05, 3.63) is 16.5 Å². The molecule has 2 rings (SSSR count). The van der Waals surface area contributed by atoms with Gasteiger partial charge in [-0.05, 0) is 34.7 Å². The molecule has 0 amide bonds. The normalized spacial score (nSPS) is 24.6. The molecule has 0 bridgehead atoms. The van der Waals surface area contributed by atoms with E-state index in [2.05, 4.69) is 27.6 Å². The van der Waals surface area contributed by atoms with Crippen molar-refractivity contribution in [2.24, 2.45) is 5.92 Å². The van der Waals surface area contributed by atoms with E-state index in [-0.39, 0.29) is 28.0 Å². The van der Waals surface area contributed by atoms with Crippen LogP contribution in [0.4, 0.5) is 0 Å². The summed E-state index contributed by atoms with van der Waals surface area (Å²) in [4.78, 5) is 0.0503. The summed E-state index contributed by atoms with van der Waals surface area (Å²) in [6.07, 6.45) is 4.11. The maximum Gasteiger partial charge on any atom is 0.245 e. The Morgan fingerprint density at radius 2 is 2.16 bits per heavy atom.